The van der Waals surface area contributed by atoms with Gasteiger partial charge >= 0.3 is 0 Å². The van der Waals surface area contributed by atoms with Gasteiger partial charge in [-0.2, -0.15) is 0 Å². The average molecular weight is 528 g/mol. The molecule has 0 bridgehead atoms. The lowest BCUT2D eigenvalue weighted by molar-refractivity contribution is 0.103. The van der Waals surface area contributed by atoms with Gasteiger partial charge in [0.2, 0.25) is 0 Å². The van der Waals surface area contributed by atoms with E-state index in [2.05, 4.69) is 63.1 Å². The first-order valence-electron chi connectivity index (χ1n) is 11.5. The lowest BCUT2D eigenvalue weighted by atomic mass is 9.97. The Balaban J connectivity index is 1.48. The average Bonchev–Trinajstić information content (AvgIpc) is 3.20. The molecule has 4 nitrogen and oxygen atoms in total. The monoisotopic (exact) mass is 527 g/mol. The van der Waals surface area contributed by atoms with Crippen LogP contribution in [-0.4, -0.2) is 23.1 Å². The number of aromatic nitrogens is 1. The number of hydrogen-bond acceptors (Lipinski definition) is 3. The van der Waals surface area contributed by atoms with Crippen LogP contribution in [0.1, 0.15) is 40.9 Å². The number of fused-ring (bicyclic) bond motifs is 2. The van der Waals surface area contributed by atoms with E-state index in [9.17, 15) is 4.79 Å². The van der Waals surface area contributed by atoms with E-state index >= 15 is 0 Å². The molecule has 0 saturated heterocycles. The van der Waals surface area contributed by atoms with Gasteiger partial charge in [-0.1, -0.05) is 46.3 Å². The first-order chi connectivity index (χ1) is 16.8. The van der Waals surface area contributed by atoms with Crippen LogP contribution in [0.5, 0.6) is 11.5 Å². The zero-order chi connectivity index (χ0) is 24.6. The van der Waals surface area contributed by atoms with Gasteiger partial charge in [-0.3, -0.25) is 4.79 Å². The van der Waals surface area contributed by atoms with Gasteiger partial charge in [0.25, 0.3) is 0 Å². The van der Waals surface area contributed by atoms with Crippen LogP contribution in [-0.2, 0) is 6.54 Å². The second-order valence-electron chi connectivity index (χ2n) is 9.15. The highest BCUT2D eigenvalue weighted by Crippen LogP contribution is 2.40. The highest BCUT2D eigenvalue weighted by Gasteiger charge is 2.27. The maximum atomic E-state index is 13.3. The van der Waals surface area contributed by atoms with Gasteiger partial charge in [0, 0.05) is 33.7 Å². The highest BCUT2D eigenvalue weighted by molar-refractivity contribution is 9.10. The molecule has 176 valence electrons. The fourth-order valence-corrected chi connectivity index (χ4v) is 4.65. The molecule has 2 heterocycles. The minimum absolute atomic E-state index is 0.111. The topological polar surface area (TPSA) is 40.5 Å². The number of hydrogen-bond donors (Lipinski definition) is 0. The number of ether oxygens (including phenoxy) is 2. The molecular formula is C30H26BrNO3. The molecule has 5 heteroatoms. The van der Waals surface area contributed by atoms with Crippen molar-refractivity contribution in [3.8, 4) is 11.5 Å². The molecular weight excluding hydrogens is 502 g/mol. The predicted molar refractivity (Wildman–Crippen MR) is 145 cm³/mol. The molecule has 5 rings (SSSR count). The number of allylic oxidation sites excluding steroid dienone is 1. The molecule has 3 aromatic carbocycles. The molecule has 0 spiro atoms. The molecule has 35 heavy (non-hydrogen) atoms. The maximum absolute atomic E-state index is 13.3. The van der Waals surface area contributed by atoms with Gasteiger partial charge in [0.05, 0.1) is 18.2 Å². The van der Waals surface area contributed by atoms with Crippen LogP contribution in [0.15, 0.2) is 83.5 Å². The van der Waals surface area contributed by atoms with Crippen LogP contribution in [0.25, 0.3) is 23.1 Å². The van der Waals surface area contributed by atoms with Crippen molar-refractivity contribution < 1.29 is 14.3 Å². The van der Waals surface area contributed by atoms with E-state index in [1.165, 1.54) is 5.56 Å². The van der Waals surface area contributed by atoms with Crippen molar-refractivity contribution in [2.24, 2.45) is 0 Å². The van der Waals surface area contributed by atoms with Crippen LogP contribution in [0.3, 0.4) is 0 Å². The number of carbonyl (C=O) groups excluding carboxylic acids is 1. The van der Waals surface area contributed by atoms with Gasteiger partial charge in [-0.05, 0) is 74.0 Å². The molecule has 0 aliphatic carbocycles. The Morgan fingerprint density at radius 1 is 1.09 bits per heavy atom. The molecule has 0 atom stereocenters. The molecule has 0 unspecified atom stereocenters. The Hall–Kier alpha value is -3.57. The summed E-state index contributed by atoms with van der Waals surface area (Å²) < 4.78 is 14.9. The van der Waals surface area contributed by atoms with Crippen molar-refractivity contribution in [1.29, 1.82) is 0 Å². The van der Waals surface area contributed by atoms with E-state index in [4.69, 9.17) is 9.47 Å². The predicted octanol–water partition coefficient (Wildman–Crippen LogP) is 7.54. The zero-order valence-corrected chi connectivity index (χ0v) is 21.5. The van der Waals surface area contributed by atoms with Crippen molar-refractivity contribution in [3.05, 3.63) is 106 Å². The second-order valence-corrected chi connectivity index (χ2v) is 10.1. The van der Waals surface area contributed by atoms with Crippen molar-refractivity contribution in [3.63, 3.8) is 0 Å². The maximum Gasteiger partial charge on any atom is 0.189 e. The Bertz CT molecular complexity index is 1480. The number of ketones is 1. The summed E-state index contributed by atoms with van der Waals surface area (Å²) in [6.07, 6.45) is 9.56. The van der Waals surface area contributed by atoms with E-state index < -0.39 is 5.60 Å². The summed E-state index contributed by atoms with van der Waals surface area (Å²) >= 11 is 3.50. The first-order valence-corrected chi connectivity index (χ1v) is 12.3. The van der Waals surface area contributed by atoms with Crippen LogP contribution < -0.4 is 9.47 Å². The van der Waals surface area contributed by atoms with Crippen LogP contribution in [0, 0.1) is 0 Å². The van der Waals surface area contributed by atoms with Crippen molar-refractivity contribution in [2.75, 3.05) is 7.11 Å². The summed E-state index contributed by atoms with van der Waals surface area (Å²) in [4.78, 5) is 13.3. The van der Waals surface area contributed by atoms with E-state index in [0.29, 0.717) is 17.1 Å². The zero-order valence-electron chi connectivity index (χ0n) is 19.9. The standard InChI is InChI=1S/C30H26BrNO3/c1-30(2)17-16-25-28(34-3)15-13-24(29(25)35-30)27(33)14-10-21-19-32(26-7-5-4-6-23(21)26)18-20-8-11-22(31)12-9-20/h4-17,19H,18H2,1-3H3/b14-10+. The molecule has 1 aromatic heterocycles. The minimum atomic E-state index is -0.501. The van der Waals surface area contributed by atoms with Gasteiger partial charge in [-0.15, -0.1) is 0 Å². The summed E-state index contributed by atoms with van der Waals surface area (Å²) in [5.74, 6) is 1.13. The van der Waals surface area contributed by atoms with E-state index in [0.717, 1.165) is 33.0 Å². The molecule has 1 aliphatic heterocycles. The van der Waals surface area contributed by atoms with E-state index in [1.54, 1.807) is 19.3 Å². The number of nitrogens with zero attached hydrogens (tertiary/aromatic N) is 1. The normalized spacial score (nSPS) is 14.2. The molecule has 0 amide bonds. The van der Waals surface area contributed by atoms with E-state index in [1.807, 2.05) is 50.3 Å². The van der Waals surface area contributed by atoms with Gasteiger partial charge in [0.1, 0.15) is 17.1 Å². The molecule has 4 aromatic rings. The van der Waals surface area contributed by atoms with Gasteiger partial charge in [0.15, 0.2) is 5.78 Å². The summed E-state index contributed by atoms with van der Waals surface area (Å²) in [6.45, 7) is 4.68. The molecule has 0 fully saturated rings. The molecule has 1 aliphatic rings. The number of benzene rings is 3. The Labute approximate surface area is 213 Å². The lowest BCUT2D eigenvalue weighted by Gasteiger charge is -2.29. The van der Waals surface area contributed by atoms with E-state index in [-0.39, 0.29) is 5.78 Å². The SMILES string of the molecule is COc1ccc(C(=O)/C=C/c2cn(Cc3ccc(Br)cc3)c3ccccc23)c2c1C=CC(C)(C)O2. The number of para-hydroxylation sites is 1. The number of methoxy groups -OCH3 is 1. The lowest BCUT2D eigenvalue weighted by Crippen LogP contribution is -2.28. The fraction of sp³-hybridized carbons (Fsp3) is 0.167. The van der Waals surface area contributed by atoms with Crippen molar-refractivity contribution >= 4 is 44.8 Å². The summed E-state index contributed by atoms with van der Waals surface area (Å²) in [7, 11) is 1.62. The highest BCUT2D eigenvalue weighted by atomic mass is 79.9. The largest absolute Gasteiger partial charge is 0.496 e. The van der Waals surface area contributed by atoms with Crippen LogP contribution in [0.4, 0.5) is 0 Å². The molecule has 0 radical (unpaired) electrons. The molecule has 0 saturated carbocycles. The smallest absolute Gasteiger partial charge is 0.189 e. The Kier molecular flexibility index (Phi) is 6.12. The summed E-state index contributed by atoms with van der Waals surface area (Å²) in [6, 6.07) is 20.2. The number of halogens is 1. The van der Waals surface area contributed by atoms with Crippen molar-refractivity contribution in [2.45, 2.75) is 26.0 Å². The van der Waals surface area contributed by atoms with Crippen LogP contribution in [0.2, 0.25) is 0 Å². The van der Waals surface area contributed by atoms with Gasteiger partial charge < -0.3 is 14.0 Å². The Morgan fingerprint density at radius 3 is 2.63 bits per heavy atom. The quantitative estimate of drug-likeness (QED) is 0.192. The fourth-order valence-electron chi connectivity index (χ4n) is 4.38. The third kappa shape index (κ3) is 4.69. The summed E-state index contributed by atoms with van der Waals surface area (Å²) in [5, 5.41) is 1.10. The first kappa shape index (κ1) is 23.2. The Morgan fingerprint density at radius 2 is 1.86 bits per heavy atom. The third-order valence-corrected chi connectivity index (χ3v) is 6.69. The molecule has 0 N–H and O–H groups in total. The van der Waals surface area contributed by atoms with Crippen molar-refractivity contribution in [1.82, 2.24) is 4.57 Å². The second kappa shape index (κ2) is 9.23. The van der Waals surface area contributed by atoms with Crippen LogP contribution >= 0.6 is 15.9 Å². The third-order valence-electron chi connectivity index (χ3n) is 6.16. The van der Waals surface area contributed by atoms with Gasteiger partial charge in [-0.25, -0.2) is 0 Å². The number of rotatable bonds is 6. The minimum Gasteiger partial charge on any atom is -0.496 e. The number of carbonyl (C=O) groups is 1. The summed E-state index contributed by atoms with van der Waals surface area (Å²) in [5.41, 5.74) is 4.14.